The molecule has 4 nitrogen and oxygen atoms in total. The Morgan fingerprint density at radius 3 is 2.54 bits per heavy atom. The van der Waals surface area contributed by atoms with Crippen LogP contribution >= 0.6 is 23.4 Å². The summed E-state index contributed by atoms with van der Waals surface area (Å²) in [6.45, 7) is 0.476. The number of allylic oxidation sites excluding steroid dienone is 1. The van der Waals surface area contributed by atoms with Crippen LogP contribution in [-0.4, -0.2) is 23.4 Å². The molecule has 0 radical (unpaired) electrons. The number of para-hydroxylation sites is 1. The van der Waals surface area contributed by atoms with Crippen LogP contribution in [-0.2, 0) is 4.79 Å². The number of rotatable bonds is 2. The molecule has 2 aliphatic rings. The predicted octanol–water partition coefficient (Wildman–Crippen LogP) is 4.56. The molecule has 1 amide bonds. The third-order valence-electron chi connectivity index (χ3n) is 4.69. The number of benzene rings is 2. The van der Waals surface area contributed by atoms with E-state index in [0.29, 0.717) is 29.6 Å². The van der Waals surface area contributed by atoms with Gasteiger partial charge >= 0.3 is 0 Å². The zero-order valence-corrected chi connectivity index (χ0v) is 15.5. The van der Waals surface area contributed by atoms with E-state index < -0.39 is 0 Å². The Bertz CT molecular complexity index is 905. The number of amides is 1. The molecule has 0 spiro atoms. The van der Waals surface area contributed by atoms with Crippen molar-refractivity contribution < 1.29 is 4.79 Å². The molecule has 4 rings (SSSR count). The van der Waals surface area contributed by atoms with E-state index in [1.807, 2.05) is 42.5 Å². The lowest BCUT2D eigenvalue weighted by molar-refractivity contribution is -0.129. The third-order valence-corrected chi connectivity index (χ3v) is 6.09. The van der Waals surface area contributed by atoms with E-state index >= 15 is 0 Å². The summed E-state index contributed by atoms with van der Waals surface area (Å²) in [6, 6.07) is 19.8. The van der Waals surface area contributed by atoms with Crippen LogP contribution in [0.1, 0.15) is 17.9 Å². The molecular formula is C20H16ClN3OS. The molecule has 1 saturated heterocycles. The Morgan fingerprint density at radius 2 is 1.85 bits per heavy atom. The van der Waals surface area contributed by atoms with Crippen molar-refractivity contribution in [1.82, 2.24) is 4.90 Å². The number of fused-ring (bicyclic) bond motifs is 1. The summed E-state index contributed by atoms with van der Waals surface area (Å²) in [6.07, 6.45) is 0.303. The first-order chi connectivity index (χ1) is 12.7. The van der Waals surface area contributed by atoms with Gasteiger partial charge in [0.15, 0.2) is 0 Å². The average Bonchev–Trinajstić information content (AvgIpc) is 2.69. The van der Waals surface area contributed by atoms with Crippen LogP contribution in [0.3, 0.4) is 0 Å². The second-order valence-corrected chi connectivity index (χ2v) is 7.62. The molecule has 6 heteroatoms. The van der Waals surface area contributed by atoms with Crippen molar-refractivity contribution in [2.45, 2.75) is 12.3 Å². The van der Waals surface area contributed by atoms with Gasteiger partial charge in [0.05, 0.1) is 29.2 Å². The van der Waals surface area contributed by atoms with Gasteiger partial charge in [-0.25, -0.2) is 0 Å². The molecule has 2 aromatic carbocycles. The van der Waals surface area contributed by atoms with Crippen LogP contribution in [0.4, 0.5) is 5.69 Å². The van der Waals surface area contributed by atoms with E-state index in [1.54, 1.807) is 28.8 Å². The van der Waals surface area contributed by atoms with Crippen molar-refractivity contribution in [3.8, 4) is 6.07 Å². The van der Waals surface area contributed by atoms with Crippen LogP contribution in [0.25, 0.3) is 0 Å². The molecule has 2 aromatic rings. The van der Waals surface area contributed by atoms with E-state index in [-0.39, 0.29) is 11.8 Å². The summed E-state index contributed by atoms with van der Waals surface area (Å²) in [7, 11) is 0. The zero-order chi connectivity index (χ0) is 18.1. The minimum atomic E-state index is -0.202. The van der Waals surface area contributed by atoms with Crippen molar-refractivity contribution in [2.24, 2.45) is 0 Å². The monoisotopic (exact) mass is 381 g/mol. The van der Waals surface area contributed by atoms with Gasteiger partial charge in [-0.2, -0.15) is 5.26 Å². The highest BCUT2D eigenvalue weighted by atomic mass is 35.5. The van der Waals surface area contributed by atoms with E-state index in [4.69, 9.17) is 11.6 Å². The second kappa shape index (κ2) is 7.06. The first-order valence-corrected chi connectivity index (χ1v) is 9.66. The maximum absolute atomic E-state index is 12.8. The largest absolute Gasteiger partial charge is 0.344 e. The lowest BCUT2D eigenvalue weighted by Crippen LogP contribution is -2.47. The highest BCUT2D eigenvalue weighted by Crippen LogP contribution is 2.43. The van der Waals surface area contributed by atoms with Crippen LogP contribution in [0.15, 0.2) is 65.2 Å². The number of nitriles is 1. The summed E-state index contributed by atoms with van der Waals surface area (Å²) in [5, 5.41) is 11.2. The Morgan fingerprint density at radius 1 is 1.12 bits per heavy atom. The summed E-state index contributed by atoms with van der Waals surface area (Å²) < 4.78 is 0. The Balaban J connectivity index is 1.67. The van der Waals surface area contributed by atoms with Gasteiger partial charge in [0, 0.05) is 23.0 Å². The van der Waals surface area contributed by atoms with E-state index in [2.05, 4.69) is 11.0 Å². The number of nitrogens with zero attached hydrogens (tertiary/aromatic N) is 3. The molecule has 0 aliphatic carbocycles. The Kier molecular flexibility index (Phi) is 4.62. The molecule has 2 heterocycles. The SMILES string of the molecule is N#CC1=C2SCN(c3ccccc3)CN2C(=O)CC1c1ccc(Cl)cc1. The quantitative estimate of drug-likeness (QED) is 0.765. The third kappa shape index (κ3) is 3.07. The maximum atomic E-state index is 12.8. The van der Waals surface area contributed by atoms with Gasteiger partial charge in [-0.05, 0) is 29.8 Å². The molecule has 26 heavy (non-hydrogen) atoms. The van der Waals surface area contributed by atoms with Gasteiger partial charge in [0.25, 0.3) is 0 Å². The number of hydrogen-bond donors (Lipinski definition) is 0. The van der Waals surface area contributed by atoms with Crippen LogP contribution in [0.2, 0.25) is 5.02 Å². The molecular weight excluding hydrogens is 366 g/mol. The highest BCUT2D eigenvalue weighted by Gasteiger charge is 2.38. The molecule has 130 valence electrons. The van der Waals surface area contributed by atoms with E-state index in [1.165, 1.54) is 0 Å². The van der Waals surface area contributed by atoms with Crippen molar-refractivity contribution in [2.75, 3.05) is 17.4 Å². The fraction of sp³-hybridized carbons (Fsp3) is 0.200. The smallest absolute Gasteiger partial charge is 0.229 e. The van der Waals surface area contributed by atoms with Crippen LogP contribution in [0, 0.1) is 11.3 Å². The first kappa shape index (κ1) is 17.0. The second-order valence-electron chi connectivity index (χ2n) is 6.25. The molecule has 0 aromatic heterocycles. The Hall–Kier alpha value is -2.42. The fourth-order valence-electron chi connectivity index (χ4n) is 3.34. The molecule has 0 N–H and O–H groups in total. The number of anilines is 1. The van der Waals surface area contributed by atoms with Gasteiger partial charge in [0.1, 0.15) is 0 Å². The molecule has 1 unspecified atom stereocenters. The number of halogens is 1. The molecule has 2 aliphatic heterocycles. The number of hydrogen-bond acceptors (Lipinski definition) is 4. The first-order valence-electron chi connectivity index (χ1n) is 8.30. The number of carbonyl (C=O) groups excluding carboxylic acids is 1. The average molecular weight is 382 g/mol. The lowest BCUT2D eigenvalue weighted by atomic mass is 9.86. The van der Waals surface area contributed by atoms with Crippen molar-refractivity contribution in [1.29, 1.82) is 5.26 Å². The van der Waals surface area contributed by atoms with Gasteiger partial charge in [-0.1, -0.05) is 53.7 Å². The van der Waals surface area contributed by atoms with Gasteiger partial charge in [-0.3, -0.25) is 9.69 Å². The van der Waals surface area contributed by atoms with Crippen molar-refractivity contribution >= 4 is 35.0 Å². The molecule has 1 atom stereocenters. The standard InChI is InChI=1S/C20H16ClN3OS/c21-15-8-6-14(7-9-15)17-10-19(25)24-12-23(16-4-2-1-3-5-16)13-26-20(24)18(17)11-22/h1-9,17H,10,12-13H2. The summed E-state index contributed by atoms with van der Waals surface area (Å²) >= 11 is 7.52. The number of carbonyl (C=O) groups is 1. The maximum Gasteiger partial charge on any atom is 0.229 e. The number of thioether (sulfide) groups is 1. The van der Waals surface area contributed by atoms with Crippen molar-refractivity contribution in [3.63, 3.8) is 0 Å². The minimum absolute atomic E-state index is 0.0482. The van der Waals surface area contributed by atoms with Crippen LogP contribution < -0.4 is 4.90 Å². The van der Waals surface area contributed by atoms with Gasteiger partial charge in [0.2, 0.25) is 5.91 Å². The zero-order valence-electron chi connectivity index (χ0n) is 13.9. The highest BCUT2D eigenvalue weighted by molar-refractivity contribution is 8.03. The molecule has 0 saturated carbocycles. The summed E-state index contributed by atoms with van der Waals surface area (Å²) in [5.41, 5.74) is 2.70. The van der Waals surface area contributed by atoms with Gasteiger partial charge in [-0.15, -0.1) is 0 Å². The lowest BCUT2D eigenvalue weighted by Gasteiger charge is -2.42. The van der Waals surface area contributed by atoms with E-state index in [9.17, 15) is 10.1 Å². The van der Waals surface area contributed by atoms with E-state index in [0.717, 1.165) is 16.3 Å². The van der Waals surface area contributed by atoms with Crippen LogP contribution in [0.5, 0.6) is 0 Å². The Labute approximate surface area is 161 Å². The fourth-order valence-corrected chi connectivity index (χ4v) is 4.64. The predicted molar refractivity (Wildman–Crippen MR) is 105 cm³/mol. The summed E-state index contributed by atoms with van der Waals surface area (Å²) in [4.78, 5) is 16.7. The molecule has 0 bridgehead atoms. The van der Waals surface area contributed by atoms with Gasteiger partial charge < -0.3 is 4.90 Å². The topological polar surface area (TPSA) is 47.3 Å². The minimum Gasteiger partial charge on any atom is -0.344 e. The normalized spacial score (nSPS) is 20.0. The molecule has 1 fully saturated rings. The van der Waals surface area contributed by atoms with Crippen molar-refractivity contribution in [3.05, 3.63) is 75.8 Å². The summed E-state index contributed by atoms with van der Waals surface area (Å²) in [5.74, 6) is 0.556.